The molecule has 1 aliphatic carbocycles. The van der Waals surface area contributed by atoms with E-state index in [0.717, 1.165) is 25.7 Å². The summed E-state index contributed by atoms with van der Waals surface area (Å²) in [5.41, 5.74) is 0. The number of aliphatic hydroxyl groups is 1. The van der Waals surface area contributed by atoms with E-state index in [2.05, 4.69) is 33.5 Å². The molecule has 3 heterocycles. The van der Waals surface area contributed by atoms with Gasteiger partial charge >= 0.3 is 5.97 Å². The molecule has 59 heavy (non-hydrogen) atoms. The summed E-state index contributed by atoms with van der Waals surface area (Å²) in [6, 6.07) is -6.13. The predicted molar refractivity (Wildman–Crippen MR) is 216 cm³/mol. The fourth-order valence-electron chi connectivity index (χ4n) is 8.84. The van der Waals surface area contributed by atoms with Crippen molar-refractivity contribution in [2.75, 3.05) is 45.8 Å². The number of rotatable bonds is 19. The second-order valence-corrected chi connectivity index (χ2v) is 16.8. The summed E-state index contributed by atoms with van der Waals surface area (Å²) >= 11 is 0. The normalized spacial score (nSPS) is 22.6. The van der Waals surface area contributed by atoms with E-state index in [-0.39, 0.29) is 62.9 Å². The number of nitrogens with zero attached hydrogens (tertiary/aromatic N) is 3. The first-order chi connectivity index (χ1) is 28.2. The molecule has 7 N–H and O–H groups in total. The van der Waals surface area contributed by atoms with Gasteiger partial charge in [-0.05, 0) is 63.7 Å². The molecule has 18 nitrogen and oxygen atoms in total. The van der Waals surface area contributed by atoms with Crippen LogP contribution < -0.4 is 26.6 Å². The van der Waals surface area contributed by atoms with Crippen LogP contribution in [0.4, 0.5) is 0 Å². The summed E-state index contributed by atoms with van der Waals surface area (Å²) in [4.78, 5) is 112. The van der Waals surface area contributed by atoms with Gasteiger partial charge in [-0.25, -0.2) is 0 Å². The van der Waals surface area contributed by atoms with Gasteiger partial charge in [0, 0.05) is 58.7 Å². The maximum absolute atomic E-state index is 14.4. The number of carboxylic acid groups (broad SMARTS) is 1. The van der Waals surface area contributed by atoms with Crippen LogP contribution in [0.25, 0.3) is 0 Å². The minimum atomic E-state index is -1.58. The first kappa shape index (κ1) is 47.4. The fourth-order valence-corrected chi connectivity index (χ4v) is 8.84. The van der Waals surface area contributed by atoms with Crippen LogP contribution in [-0.2, 0) is 38.4 Å². The molecule has 0 aromatic carbocycles. The van der Waals surface area contributed by atoms with E-state index in [1.807, 2.05) is 6.92 Å². The summed E-state index contributed by atoms with van der Waals surface area (Å²) in [5.74, 6) is -4.64. The lowest BCUT2D eigenvalue weighted by Crippen LogP contribution is -2.61. The van der Waals surface area contributed by atoms with Crippen molar-refractivity contribution in [1.29, 1.82) is 0 Å². The van der Waals surface area contributed by atoms with Crippen molar-refractivity contribution in [1.82, 2.24) is 41.3 Å². The predicted octanol–water partition coefficient (Wildman–Crippen LogP) is 0.0131. The van der Waals surface area contributed by atoms with E-state index in [1.54, 1.807) is 4.90 Å². The second kappa shape index (κ2) is 23.5. The number of hydrogen-bond acceptors (Lipinski definition) is 10. The van der Waals surface area contributed by atoms with Crippen molar-refractivity contribution in [3.05, 3.63) is 0 Å². The zero-order chi connectivity index (χ0) is 43.1. The smallest absolute Gasteiger partial charge is 0.305 e. The molecule has 0 radical (unpaired) electrons. The molecule has 0 aromatic heterocycles. The van der Waals surface area contributed by atoms with Crippen molar-refractivity contribution in [3.63, 3.8) is 0 Å². The van der Waals surface area contributed by atoms with Crippen LogP contribution >= 0.6 is 0 Å². The Bertz CT molecular complexity index is 1480. The third-order valence-electron chi connectivity index (χ3n) is 12.2. The highest BCUT2D eigenvalue weighted by Gasteiger charge is 2.42. The zero-order valence-electron chi connectivity index (χ0n) is 35.2. The lowest BCUT2D eigenvalue weighted by molar-refractivity contribution is -0.149. The lowest BCUT2D eigenvalue weighted by Gasteiger charge is -2.38. The Balaban J connectivity index is 1.48. The van der Waals surface area contributed by atoms with E-state index in [9.17, 15) is 48.6 Å². The molecular formula is C41H68N8O10. The Morgan fingerprint density at radius 2 is 1.31 bits per heavy atom. The number of aliphatic hydroxyl groups excluding tert-OH is 1. The number of carbonyl (C=O) groups is 8. The van der Waals surface area contributed by atoms with E-state index >= 15 is 0 Å². The first-order valence-corrected chi connectivity index (χ1v) is 21.9. The molecule has 3 saturated heterocycles. The largest absolute Gasteiger partial charge is 0.481 e. The third-order valence-corrected chi connectivity index (χ3v) is 12.2. The van der Waals surface area contributed by atoms with Crippen LogP contribution in [0.5, 0.6) is 0 Å². The molecule has 3 aliphatic heterocycles. The van der Waals surface area contributed by atoms with E-state index < -0.39 is 78.2 Å². The number of amides is 7. The highest BCUT2D eigenvalue weighted by atomic mass is 16.4. The summed E-state index contributed by atoms with van der Waals surface area (Å²) in [7, 11) is 0. The third kappa shape index (κ3) is 13.9. The zero-order valence-corrected chi connectivity index (χ0v) is 35.2. The Morgan fingerprint density at radius 1 is 0.712 bits per heavy atom. The summed E-state index contributed by atoms with van der Waals surface area (Å²) in [6.07, 6.45) is 6.39. The van der Waals surface area contributed by atoms with Crippen molar-refractivity contribution < 1.29 is 48.6 Å². The topological polar surface area (TPSA) is 247 Å². The van der Waals surface area contributed by atoms with Gasteiger partial charge in [0.15, 0.2) is 0 Å². The lowest BCUT2D eigenvalue weighted by atomic mass is 9.79. The molecule has 7 atom stereocenters. The Labute approximate surface area is 347 Å². The molecule has 0 aromatic rings. The van der Waals surface area contributed by atoms with Gasteiger partial charge in [0.2, 0.25) is 41.4 Å². The molecule has 4 rings (SSSR count). The summed E-state index contributed by atoms with van der Waals surface area (Å²) < 4.78 is 0. The van der Waals surface area contributed by atoms with E-state index in [0.29, 0.717) is 64.3 Å². The van der Waals surface area contributed by atoms with Gasteiger partial charge in [0.25, 0.3) is 0 Å². The Kier molecular flexibility index (Phi) is 18.8. The van der Waals surface area contributed by atoms with Gasteiger partial charge in [0.1, 0.15) is 30.2 Å². The standard InChI is InChI=1S/C41H68N8O10/c1-4-17-43-39(57)36(27(3)50)46-38(56)32-14-10-21-49(32)41(59)30(25-35(53)54)45-37(55)31-13-8-9-20-48(31)40(58)29(15-16-34(52)47-22-18-42-19-23-47)44-33(51)24-26(2)28-11-6-5-7-12-28/h26-32,36,42,50H,4-25H2,1-3H3,(H,43,57)(H,44,51)(H,45,55)(H,46,56)(H,53,54)/t26-,27?,29-,30-,31-,32-,36-/m0/s1. The van der Waals surface area contributed by atoms with Gasteiger partial charge < -0.3 is 51.5 Å². The first-order valence-electron chi connectivity index (χ1n) is 21.9. The van der Waals surface area contributed by atoms with Crippen LogP contribution in [0.15, 0.2) is 0 Å². The van der Waals surface area contributed by atoms with Crippen LogP contribution in [0, 0.1) is 11.8 Å². The van der Waals surface area contributed by atoms with Crippen LogP contribution in [0.3, 0.4) is 0 Å². The second-order valence-electron chi connectivity index (χ2n) is 16.8. The van der Waals surface area contributed by atoms with Gasteiger partial charge in [-0.2, -0.15) is 0 Å². The molecule has 18 heteroatoms. The van der Waals surface area contributed by atoms with Crippen LogP contribution in [-0.4, -0.2) is 154 Å². The van der Waals surface area contributed by atoms with Gasteiger partial charge in [-0.15, -0.1) is 0 Å². The molecular weight excluding hydrogens is 764 g/mol. The molecule has 0 bridgehead atoms. The molecule has 4 fully saturated rings. The number of likely N-dealkylation sites (tertiary alicyclic amines) is 2. The molecule has 7 amide bonds. The van der Waals surface area contributed by atoms with Gasteiger partial charge in [-0.3, -0.25) is 38.4 Å². The number of carboxylic acids is 1. The number of aliphatic carboxylic acids is 1. The van der Waals surface area contributed by atoms with Crippen molar-refractivity contribution >= 4 is 47.3 Å². The number of carbonyl (C=O) groups excluding carboxylic acids is 7. The van der Waals surface area contributed by atoms with Crippen molar-refractivity contribution in [3.8, 4) is 0 Å². The van der Waals surface area contributed by atoms with Gasteiger partial charge in [-0.1, -0.05) is 46.0 Å². The average Bonchev–Trinajstić information content (AvgIpc) is 3.73. The van der Waals surface area contributed by atoms with Crippen molar-refractivity contribution in [2.24, 2.45) is 11.8 Å². The average molecular weight is 833 g/mol. The maximum Gasteiger partial charge on any atom is 0.305 e. The Morgan fingerprint density at radius 3 is 1.93 bits per heavy atom. The molecule has 332 valence electrons. The molecule has 0 spiro atoms. The minimum Gasteiger partial charge on any atom is -0.481 e. The number of piperidine rings is 1. The number of hydrogen-bond donors (Lipinski definition) is 7. The molecule has 4 aliphatic rings. The Hall–Kier alpha value is -4.32. The maximum atomic E-state index is 14.4. The minimum absolute atomic E-state index is 0.0146. The van der Waals surface area contributed by atoms with E-state index in [1.165, 1.54) is 23.1 Å². The fraction of sp³-hybridized carbons (Fsp3) is 0.805. The highest BCUT2D eigenvalue weighted by molar-refractivity contribution is 5.98. The van der Waals surface area contributed by atoms with Gasteiger partial charge in [0.05, 0.1) is 12.5 Å². The summed E-state index contributed by atoms with van der Waals surface area (Å²) in [5, 5.41) is 33.9. The van der Waals surface area contributed by atoms with Crippen molar-refractivity contribution in [2.45, 2.75) is 153 Å². The SMILES string of the molecule is CCCNC(=O)[C@@H](NC(=O)[C@@H]1CCCN1C(=O)[C@H](CC(=O)O)NC(=O)[C@@H]1CCCCN1C(=O)[C@H](CCC(=O)N1CCNCC1)NC(=O)C[C@H](C)C1CCCCC1)C(C)O. The van der Waals surface area contributed by atoms with Crippen LogP contribution in [0.2, 0.25) is 0 Å². The van der Waals surface area contributed by atoms with E-state index in [4.69, 9.17) is 0 Å². The monoisotopic (exact) mass is 833 g/mol. The van der Waals surface area contributed by atoms with Crippen LogP contribution in [0.1, 0.15) is 117 Å². The number of nitrogens with one attached hydrogen (secondary N) is 5. The quantitative estimate of drug-likeness (QED) is 0.0914. The molecule has 1 unspecified atom stereocenters. The summed E-state index contributed by atoms with van der Waals surface area (Å²) in [6.45, 7) is 8.25. The highest BCUT2D eigenvalue weighted by Crippen LogP contribution is 2.31. The number of piperazine rings is 1. The molecule has 1 saturated carbocycles.